The van der Waals surface area contributed by atoms with E-state index < -0.39 is 0 Å². The number of hydrogen-bond acceptors (Lipinski definition) is 2. The first kappa shape index (κ1) is 26.0. The first-order valence-corrected chi connectivity index (χ1v) is 14.9. The van der Waals surface area contributed by atoms with Crippen LogP contribution >= 0.6 is 0 Å². The van der Waals surface area contributed by atoms with Crippen molar-refractivity contribution < 1.29 is 0 Å². The molecule has 0 heterocycles. The molecule has 4 aromatic rings. The molecule has 1 spiro atoms. The Labute approximate surface area is 235 Å². The fraction of sp³-hybridized carbons (Fsp3) is 0.351. The average molecular weight is 515 g/mol. The van der Waals surface area contributed by atoms with E-state index in [2.05, 4.69) is 136 Å². The van der Waals surface area contributed by atoms with E-state index in [-0.39, 0.29) is 11.0 Å². The topological polar surface area (TPSA) is 6.48 Å². The third-order valence-electron chi connectivity index (χ3n) is 9.72. The highest BCUT2D eigenvalue weighted by atomic mass is 15.2. The molecule has 0 atom stereocenters. The number of hydrogen-bond donors (Lipinski definition) is 0. The van der Waals surface area contributed by atoms with Crippen molar-refractivity contribution in [1.82, 2.24) is 9.80 Å². The molecule has 6 rings (SSSR count). The summed E-state index contributed by atoms with van der Waals surface area (Å²) in [6.07, 6.45) is 0. The van der Waals surface area contributed by atoms with Gasteiger partial charge in [-0.15, -0.1) is 0 Å². The third kappa shape index (κ3) is 3.68. The van der Waals surface area contributed by atoms with Crippen molar-refractivity contribution in [2.75, 3.05) is 26.2 Å². The highest BCUT2D eigenvalue weighted by Gasteiger charge is 2.51. The fourth-order valence-corrected chi connectivity index (χ4v) is 7.58. The van der Waals surface area contributed by atoms with Crippen molar-refractivity contribution in [3.8, 4) is 22.3 Å². The molecule has 2 nitrogen and oxygen atoms in total. The van der Waals surface area contributed by atoms with Gasteiger partial charge >= 0.3 is 0 Å². The summed E-state index contributed by atoms with van der Waals surface area (Å²) < 4.78 is 0. The van der Waals surface area contributed by atoms with Crippen molar-refractivity contribution in [3.05, 3.63) is 118 Å². The zero-order valence-corrected chi connectivity index (χ0v) is 24.5. The predicted octanol–water partition coefficient (Wildman–Crippen LogP) is 8.45. The number of nitrogens with zero attached hydrogens (tertiary/aromatic N) is 2. The second-order valence-electron chi connectivity index (χ2n) is 11.7. The molecule has 2 aliphatic rings. The van der Waals surface area contributed by atoms with Crippen LogP contribution < -0.4 is 0 Å². The van der Waals surface area contributed by atoms with Gasteiger partial charge in [0.15, 0.2) is 0 Å². The summed E-state index contributed by atoms with van der Waals surface area (Å²) in [6, 6.07) is 32.9. The Hall–Kier alpha value is -3.20. The molecule has 0 aliphatic heterocycles. The summed E-state index contributed by atoms with van der Waals surface area (Å²) in [5, 5.41) is 0. The van der Waals surface area contributed by atoms with E-state index in [1.807, 2.05) is 0 Å². The van der Waals surface area contributed by atoms with E-state index in [0.29, 0.717) is 0 Å². The first-order chi connectivity index (χ1) is 18.9. The van der Waals surface area contributed by atoms with Gasteiger partial charge in [-0.2, -0.15) is 0 Å². The third-order valence-corrected chi connectivity index (χ3v) is 9.72. The lowest BCUT2D eigenvalue weighted by molar-refractivity contribution is 0.135. The predicted molar refractivity (Wildman–Crippen MR) is 165 cm³/mol. The second-order valence-corrected chi connectivity index (χ2v) is 11.7. The van der Waals surface area contributed by atoms with Gasteiger partial charge in [-0.05, 0) is 108 Å². The van der Waals surface area contributed by atoms with Gasteiger partial charge in [0.05, 0.1) is 5.41 Å². The van der Waals surface area contributed by atoms with Crippen molar-refractivity contribution in [3.63, 3.8) is 0 Å². The molecule has 0 saturated heterocycles. The summed E-state index contributed by atoms with van der Waals surface area (Å²) in [4.78, 5) is 5.07. The molecule has 2 heteroatoms. The van der Waals surface area contributed by atoms with Gasteiger partial charge in [-0.25, -0.2) is 0 Å². The van der Waals surface area contributed by atoms with Gasteiger partial charge in [-0.1, -0.05) is 100 Å². The normalized spacial score (nSPS) is 14.6. The SMILES string of the molecule is CCN(CC)Cc1ccc2c(c1)-c1cc(C(C)(C)N(CC)CC)ccc1C21c2ccccc2-c2ccccc21. The van der Waals surface area contributed by atoms with Crippen LogP contribution in [0.3, 0.4) is 0 Å². The van der Waals surface area contributed by atoms with Gasteiger partial charge in [-0.3, -0.25) is 9.80 Å². The fourth-order valence-electron chi connectivity index (χ4n) is 7.58. The largest absolute Gasteiger partial charge is 0.300 e. The van der Waals surface area contributed by atoms with Gasteiger partial charge < -0.3 is 0 Å². The van der Waals surface area contributed by atoms with Crippen molar-refractivity contribution in [2.45, 2.75) is 59.0 Å². The number of benzene rings is 4. The van der Waals surface area contributed by atoms with Crippen LogP contribution in [0.1, 0.15) is 74.9 Å². The lowest BCUT2D eigenvalue weighted by Crippen LogP contribution is -2.41. The molecule has 39 heavy (non-hydrogen) atoms. The van der Waals surface area contributed by atoms with Gasteiger partial charge in [0.2, 0.25) is 0 Å². The molecule has 2 aliphatic carbocycles. The molecule has 0 saturated carbocycles. The molecule has 200 valence electrons. The summed E-state index contributed by atoms with van der Waals surface area (Å²) in [7, 11) is 0. The summed E-state index contributed by atoms with van der Waals surface area (Å²) in [5.74, 6) is 0. The molecule has 0 fully saturated rings. The molecule has 0 unspecified atom stereocenters. The summed E-state index contributed by atoms with van der Waals surface area (Å²) >= 11 is 0. The zero-order chi connectivity index (χ0) is 27.4. The van der Waals surface area contributed by atoms with Crippen LogP contribution in [0, 0.1) is 0 Å². The maximum atomic E-state index is 2.57. The van der Waals surface area contributed by atoms with Crippen molar-refractivity contribution >= 4 is 0 Å². The van der Waals surface area contributed by atoms with E-state index in [4.69, 9.17) is 0 Å². The van der Waals surface area contributed by atoms with Crippen LogP contribution in [0.25, 0.3) is 22.3 Å². The minimum atomic E-state index is -0.274. The molecular formula is C37H42N2. The van der Waals surface area contributed by atoms with Crippen molar-refractivity contribution in [2.24, 2.45) is 0 Å². The van der Waals surface area contributed by atoms with Crippen LogP contribution in [0.15, 0.2) is 84.9 Å². The highest BCUT2D eigenvalue weighted by molar-refractivity contribution is 5.95. The van der Waals surface area contributed by atoms with Crippen LogP contribution in [0.5, 0.6) is 0 Å². The van der Waals surface area contributed by atoms with E-state index in [1.54, 1.807) is 0 Å². The minimum Gasteiger partial charge on any atom is -0.300 e. The summed E-state index contributed by atoms with van der Waals surface area (Å²) in [5.41, 5.74) is 13.7. The lowest BCUT2D eigenvalue weighted by atomic mass is 9.70. The first-order valence-electron chi connectivity index (χ1n) is 14.9. The Bertz CT molecular complexity index is 1470. The number of rotatable bonds is 8. The van der Waals surface area contributed by atoms with E-state index in [9.17, 15) is 0 Å². The Morgan fingerprint density at radius 3 is 1.64 bits per heavy atom. The van der Waals surface area contributed by atoms with E-state index in [0.717, 1.165) is 32.7 Å². The maximum Gasteiger partial charge on any atom is 0.0725 e. The molecule has 0 radical (unpaired) electrons. The standard InChI is InChI=1S/C37H42N2/c1-7-38(8-2)25-26-19-21-34-30(23-26)31-24-27(36(5,6)39(9-3)10-4)20-22-35(31)37(34)32-17-13-11-15-28(32)29-16-12-14-18-33(29)37/h11-24H,7-10,25H2,1-6H3. The average Bonchev–Trinajstić information content (AvgIpc) is 3.43. The van der Waals surface area contributed by atoms with Crippen LogP contribution in [-0.2, 0) is 17.5 Å². The molecule has 4 aromatic carbocycles. The van der Waals surface area contributed by atoms with Crippen molar-refractivity contribution in [1.29, 1.82) is 0 Å². The Morgan fingerprint density at radius 2 is 1.08 bits per heavy atom. The van der Waals surface area contributed by atoms with Gasteiger partial charge in [0, 0.05) is 12.1 Å². The maximum absolute atomic E-state index is 2.57. The smallest absolute Gasteiger partial charge is 0.0725 e. The minimum absolute atomic E-state index is 0.0429. The van der Waals surface area contributed by atoms with E-state index in [1.165, 1.54) is 55.6 Å². The Kier molecular flexibility index (Phi) is 6.52. The monoisotopic (exact) mass is 514 g/mol. The van der Waals surface area contributed by atoms with E-state index >= 15 is 0 Å². The molecule has 0 amide bonds. The second kappa shape index (κ2) is 9.77. The van der Waals surface area contributed by atoms with Gasteiger partial charge in [0.25, 0.3) is 0 Å². The molecular weight excluding hydrogens is 472 g/mol. The highest BCUT2D eigenvalue weighted by Crippen LogP contribution is 2.63. The van der Waals surface area contributed by atoms with Crippen LogP contribution in [-0.4, -0.2) is 36.0 Å². The molecule has 0 bridgehead atoms. The Morgan fingerprint density at radius 1 is 0.564 bits per heavy atom. The molecule has 0 aromatic heterocycles. The van der Waals surface area contributed by atoms with Crippen LogP contribution in [0.2, 0.25) is 0 Å². The van der Waals surface area contributed by atoms with Gasteiger partial charge in [0.1, 0.15) is 0 Å². The summed E-state index contributed by atoms with van der Waals surface area (Å²) in [6.45, 7) is 19.0. The quantitative estimate of drug-likeness (QED) is 0.201. The molecule has 0 N–H and O–H groups in total. The number of fused-ring (bicyclic) bond motifs is 10. The Balaban J connectivity index is 1.65. The van der Waals surface area contributed by atoms with Crippen LogP contribution in [0.4, 0.5) is 0 Å². The lowest BCUT2D eigenvalue weighted by Gasteiger charge is -2.38. The zero-order valence-electron chi connectivity index (χ0n) is 24.5.